The topological polar surface area (TPSA) is 101 Å². The average molecular weight is 318 g/mol. The molecule has 0 saturated heterocycles. The maximum Gasteiger partial charge on any atom is 0.326 e. The van der Waals surface area contributed by atoms with Gasteiger partial charge >= 0.3 is 5.97 Å². The standard InChI is InChI=1S/C17H22N2O4/c1-2-3-8-13-11-6-4-5-7-12(11)16(21)19(13)14(17(22)23)9-10-15(18)20/h4-7,13-14H,2-3,8-10H2,1H3,(H2,18,20)(H,22,23). The van der Waals surface area contributed by atoms with Crippen molar-refractivity contribution in [3.8, 4) is 0 Å². The first-order valence-electron chi connectivity index (χ1n) is 7.90. The number of carbonyl (C=O) groups is 3. The molecule has 23 heavy (non-hydrogen) atoms. The minimum atomic E-state index is -1.10. The van der Waals surface area contributed by atoms with Crippen LogP contribution in [-0.4, -0.2) is 33.8 Å². The third-order valence-corrected chi connectivity index (χ3v) is 4.24. The fourth-order valence-corrected chi connectivity index (χ4v) is 3.12. The predicted octanol–water partition coefficient (Wildman–Crippen LogP) is 2.09. The molecule has 2 amide bonds. The van der Waals surface area contributed by atoms with Gasteiger partial charge in [-0.1, -0.05) is 38.0 Å². The van der Waals surface area contributed by atoms with Gasteiger partial charge in [0.15, 0.2) is 0 Å². The van der Waals surface area contributed by atoms with Crippen LogP contribution in [0.3, 0.4) is 0 Å². The molecule has 6 nitrogen and oxygen atoms in total. The van der Waals surface area contributed by atoms with E-state index >= 15 is 0 Å². The second kappa shape index (κ2) is 7.26. The van der Waals surface area contributed by atoms with Gasteiger partial charge in [-0.15, -0.1) is 0 Å². The quantitative estimate of drug-likeness (QED) is 0.766. The van der Waals surface area contributed by atoms with Crippen LogP contribution < -0.4 is 5.73 Å². The Morgan fingerprint density at radius 1 is 1.35 bits per heavy atom. The molecule has 0 aliphatic carbocycles. The highest BCUT2D eigenvalue weighted by molar-refractivity contribution is 6.01. The molecule has 1 aliphatic rings. The molecule has 0 spiro atoms. The Morgan fingerprint density at radius 2 is 2.04 bits per heavy atom. The van der Waals surface area contributed by atoms with E-state index in [0.717, 1.165) is 18.4 Å². The van der Waals surface area contributed by atoms with E-state index in [-0.39, 0.29) is 24.8 Å². The highest BCUT2D eigenvalue weighted by atomic mass is 16.4. The number of aliphatic carboxylic acids is 1. The highest BCUT2D eigenvalue weighted by Gasteiger charge is 2.42. The molecule has 1 aliphatic heterocycles. The van der Waals surface area contributed by atoms with E-state index in [4.69, 9.17) is 5.73 Å². The van der Waals surface area contributed by atoms with Gasteiger partial charge in [-0.05, 0) is 24.5 Å². The van der Waals surface area contributed by atoms with Gasteiger partial charge in [0.1, 0.15) is 6.04 Å². The van der Waals surface area contributed by atoms with Crippen LogP contribution in [0, 0.1) is 0 Å². The number of nitrogens with two attached hydrogens (primary N) is 1. The fraction of sp³-hybridized carbons (Fsp3) is 0.471. The first-order valence-corrected chi connectivity index (χ1v) is 7.90. The normalized spacial score (nSPS) is 17.9. The number of hydrogen-bond donors (Lipinski definition) is 2. The molecule has 0 aromatic heterocycles. The molecule has 3 N–H and O–H groups in total. The van der Waals surface area contributed by atoms with Gasteiger partial charge in [0.25, 0.3) is 5.91 Å². The van der Waals surface area contributed by atoms with Gasteiger partial charge in [0.05, 0.1) is 6.04 Å². The molecule has 1 aromatic rings. The van der Waals surface area contributed by atoms with Crippen molar-refractivity contribution in [3.63, 3.8) is 0 Å². The maximum absolute atomic E-state index is 12.7. The molecular weight excluding hydrogens is 296 g/mol. The van der Waals surface area contributed by atoms with Crippen LogP contribution in [-0.2, 0) is 9.59 Å². The second-order valence-electron chi connectivity index (χ2n) is 5.82. The number of rotatable bonds is 8. The highest BCUT2D eigenvalue weighted by Crippen LogP contribution is 2.39. The number of primary amides is 1. The van der Waals surface area contributed by atoms with Crippen molar-refractivity contribution < 1.29 is 19.5 Å². The zero-order valence-corrected chi connectivity index (χ0v) is 13.2. The number of carbonyl (C=O) groups excluding carboxylic acids is 2. The summed E-state index contributed by atoms with van der Waals surface area (Å²) >= 11 is 0. The number of nitrogens with zero attached hydrogens (tertiary/aromatic N) is 1. The van der Waals surface area contributed by atoms with Gasteiger partial charge in [-0.2, -0.15) is 0 Å². The van der Waals surface area contributed by atoms with Gasteiger partial charge in [0.2, 0.25) is 5.91 Å². The Bertz CT molecular complexity index is 614. The number of hydrogen-bond acceptors (Lipinski definition) is 3. The molecule has 1 heterocycles. The summed E-state index contributed by atoms with van der Waals surface area (Å²) in [4.78, 5) is 36.8. The third-order valence-electron chi connectivity index (χ3n) is 4.24. The van der Waals surface area contributed by atoms with Crippen molar-refractivity contribution >= 4 is 17.8 Å². The molecule has 6 heteroatoms. The molecule has 0 bridgehead atoms. The van der Waals surface area contributed by atoms with Crippen LogP contribution in [0.25, 0.3) is 0 Å². The van der Waals surface area contributed by atoms with E-state index in [1.54, 1.807) is 12.1 Å². The van der Waals surface area contributed by atoms with Crippen molar-refractivity contribution in [2.75, 3.05) is 0 Å². The van der Waals surface area contributed by atoms with Crippen LogP contribution in [0.4, 0.5) is 0 Å². The van der Waals surface area contributed by atoms with Crippen LogP contribution in [0.5, 0.6) is 0 Å². The number of carboxylic acid groups (broad SMARTS) is 1. The summed E-state index contributed by atoms with van der Waals surface area (Å²) in [6, 6.07) is 5.94. The van der Waals surface area contributed by atoms with E-state index in [1.807, 2.05) is 12.1 Å². The minimum absolute atomic E-state index is 0.0347. The summed E-state index contributed by atoms with van der Waals surface area (Å²) < 4.78 is 0. The minimum Gasteiger partial charge on any atom is -0.480 e. The molecule has 2 atom stereocenters. The largest absolute Gasteiger partial charge is 0.480 e. The molecule has 2 unspecified atom stereocenters. The summed E-state index contributed by atoms with van der Waals surface area (Å²) in [5.41, 5.74) is 6.56. The van der Waals surface area contributed by atoms with E-state index in [2.05, 4.69) is 6.92 Å². The molecule has 0 radical (unpaired) electrons. The lowest BCUT2D eigenvalue weighted by Crippen LogP contribution is -2.44. The van der Waals surface area contributed by atoms with Crippen molar-refractivity contribution in [1.29, 1.82) is 0 Å². The average Bonchev–Trinajstić information content (AvgIpc) is 2.78. The smallest absolute Gasteiger partial charge is 0.326 e. The molecular formula is C17H22N2O4. The Morgan fingerprint density at radius 3 is 2.65 bits per heavy atom. The van der Waals surface area contributed by atoms with Crippen LogP contribution >= 0.6 is 0 Å². The first kappa shape index (κ1) is 17.0. The van der Waals surface area contributed by atoms with Crippen molar-refractivity contribution in [2.24, 2.45) is 5.73 Å². The predicted molar refractivity (Wildman–Crippen MR) is 84.7 cm³/mol. The number of fused-ring (bicyclic) bond motifs is 1. The fourth-order valence-electron chi connectivity index (χ4n) is 3.12. The van der Waals surface area contributed by atoms with Crippen molar-refractivity contribution in [1.82, 2.24) is 4.90 Å². The summed E-state index contributed by atoms with van der Waals surface area (Å²) in [6.45, 7) is 2.05. The van der Waals surface area contributed by atoms with E-state index < -0.39 is 17.9 Å². The lowest BCUT2D eigenvalue weighted by atomic mass is 9.99. The van der Waals surface area contributed by atoms with Gasteiger partial charge in [-0.3, -0.25) is 9.59 Å². The van der Waals surface area contributed by atoms with Gasteiger partial charge in [0, 0.05) is 12.0 Å². The SMILES string of the molecule is CCCCC1c2ccccc2C(=O)N1C(CCC(N)=O)C(=O)O. The summed E-state index contributed by atoms with van der Waals surface area (Å²) in [6.07, 6.45) is 2.54. The Balaban J connectivity index is 2.35. The zero-order chi connectivity index (χ0) is 17.0. The zero-order valence-electron chi connectivity index (χ0n) is 13.2. The van der Waals surface area contributed by atoms with Crippen LogP contribution in [0.15, 0.2) is 24.3 Å². The summed E-state index contributed by atoms with van der Waals surface area (Å²) in [5, 5.41) is 9.54. The second-order valence-corrected chi connectivity index (χ2v) is 5.82. The lowest BCUT2D eigenvalue weighted by molar-refractivity contribution is -0.143. The Hall–Kier alpha value is -2.37. The summed E-state index contributed by atoms with van der Waals surface area (Å²) in [7, 11) is 0. The van der Waals surface area contributed by atoms with Gasteiger partial charge < -0.3 is 15.7 Å². The molecule has 0 saturated carbocycles. The molecule has 124 valence electrons. The number of carboxylic acids is 1. The first-order chi connectivity index (χ1) is 11.0. The maximum atomic E-state index is 12.7. The number of amides is 2. The van der Waals surface area contributed by atoms with Gasteiger partial charge in [-0.25, -0.2) is 4.79 Å². The third kappa shape index (κ3) is 3.52. The number of benzene rings is 1. The van der Waals surface area contributed by atoms with Crippen LogP contribution in [0.2, 0.25) is 0 Å². The number of unbranched alkanes of at least 4 members (excludes halogenated alkanes) is 1. The van der Waals surface area contributed by atoms with E-state index in [9.17, 15) is 19.5 Å². The molecule has 0 fully saturated rings. The van der Waals surface area contributed by atoms with Crippen molar-refractivity contribution in [3.05, 3.63) is 35.4 Å². The van der Waals surface area contributed by atoms with Crippen molar-refractivity contribution in [2.45, 2.75) is 51.1 Å². The Labute approximate surface area is 135 Å². The van der Waals surface area contributed by atoms with E-state index in [1.165, 1.54) is 4.90 Å². The molecule has 1 aromatic carbocycles. The lowest BCUT2D eigenvalue weighted by Gasteiger charge is -2.31. The molecule has 2 rings (SSSR count). The van der Waals surface area contributed by atoms with Crippen LogP contribution in [0.1, 0.15) is 61.0 Å². The summed E-state index contributed by atoms with van der Waals surface area (Å²) in [5.74, 6) is -1.95. The Kier molecular flexibility index (Phi) is 5.36. The monoisotopic (exact) mass is 318 g/mol. The van der Waals surface area contributed by atoms with E-state index in [0.29, 0.717) is 12.0 Å².